The molecule has 0 spiro atoms. The van der Waals surface area contributed by atoms with Gasteiger partial charge in [0.1, 0.15) is 5.75 Å². The van der Waals surface area contributed by atoms with Crippen LogP contribution in [0.25, 0.3) is 10.1 Å². The molecule has 0 saturated heterocycles. The molecule has 1 heterocycles. The number of aliphatic hydroxyl groups is 1. The highest BCUT2D eigenvalue weighted by atomic mass is 79.9. The number of halogens is 1. The van der Waals surface area contributed by atoms with E-state index in [0.29, 0.717) is 0 Å². The molecule has 2 aromatic rings. The van der Waals surface area contributed by atoms with Crippen molar-refractivity contribution in [3.63, 3.8) is 0 Å². The van der Waals surface area contributed by atoms with E-state index in [1.54, 1.807) is 18.4 Å². The number of ether oxygens (including phenoxy) is 1. The first-order valence-electron chi connectivity index (χ1n) is 4.10. The topological polar surface area (TPSA) is 29.5 Å². The first-order valence-corrected chi connectivity index (χ1v) is 5.78. The Kier molecular flexibility index (Phi) is 2.76. The SMILES string of the molecule is COc1cc(CO)c2scc(Br)c2c1. The Labute approximate surface area is 94.3 Å². The van der Waals surface area contributed by atoms with Crippen LogP contribution in [0.3, 0.4) is 0 Å². The highest BCUT2D eigenvalue weighted by molar-refractivity contribution is 9.10. The molecule has 0 atom stereocenters. The van der Waals surface area contributed by atoms with E-state index in [4.69, 9.17) is 4.74 Å². The van der Waals surface area contributed by atoms with Gasteiger partial charge in [-0.3, -0.25) is 0 Å². The van der Waals surface area contributed by atoms with E-state index >= 15 is 0 Å². The van der Waals surface area contributed by atoms with E-state index in [2.05, 4.69) is 15.9 Å². The van der Waals surface area contributed by atoms with Crippen molar-refractivity contribution in [2.75, 3.05) is 7.11 Å². The standard InChI is InChI=1S/C10H9BrO2S/c1-13-7-2-6(4-12)10-8(3-7)9(11)5-14-10/h2-3,5,12H,4H2,1H3. The molecule has 0 unspecified atom stereocenters. The predicted molar refractivity (Wildman–Crippen MR) is 62.0 cm³/mol. The van der Waals surface area contributed by atoms with E-state index in [-0.39, 0.29) is 6.61 Å². The van der Waals surface area contributed by atoms with Gasteiger partial charge >= 0.3 is 0 Å². The summed E-state index contributed by atoms with van der Waals surface area (Å²) in [6.45, 7) is 0.0423. The van der Waals surface area contributed by atoms with Gasteiger partial charge in [-0.2, -0.15) is 0 Å². The van der Waals surface area contributed by atoms with E-state index in [1.807, 2.05) is 17.5 Å². The van der Waals surface area contributed by atoms with Crippen LogP contribution < -0.4 is 4.74 Å². The second-order valence-electron chi connectivity index (χ2n) is 2.90. The Morgan fingerprint density at radius 3 is 2.93 bits per heavy atom. The van der Waals surface area contributed by atoms with Crippen molar-refractivity contribution in [2.24, 2.45) is 0 Å². The van der Waals surface area contributed by atoms with Gasteiger partial charge in [0.25, 0.3) is 0 Å². The van der Waals surface area contributed by atoms with Crippen molar-refractivity contribution in [3.05, 3.63) is 27.5 Å². The first kappa shape index (κ1) is 9.96. The lowest BCUT2D eigenvalue weighted by molar-refractivity contribution is 0.283. The molecule has 0 amide bonds. The number of aliphatic hydroxyl groups excluding tert-OH is 1. The summed E-state index contributed by atoms with van der Waals surface area (Å²) in [5.74, 6) is 0.778. The number of hydrogen-bond donors (Lipinski definition) is 1. The Hall–Kier alpha value is -0.580. The summed E-state index contributed by atoms with van der Waals surface area (Å²) in [7, 11) is 1.63. The van der Waals surface area contributed by atoms with Gasteiger partial charge in [0.05, 0.1) is 13.7 Å². The number of fused-ring (bicyclic) bond motifs is 1. The van der Waals surface area contributed by atoms with Crippen LogP contribution in [-0.4, -0.2) is 12.2 Å². The number of thiophene rings is 1. The predicted octanol–water partition coefficient (Wildman–Crippen LogP) is 3.16. The van der Waals surface area contributed by atoms with Gasteiger partial charge in [0, 0.05) is 19.9 Å². The normalized spacial score (nSPS) is 10.8. The molecule has 0 aliphatic heterocycles. The number of rotatable bonds is 2. The second kappa shape index (κ2) is 3.88. The monoisotopic (exact) mass is 272 g/mol. The fourth-order valence-corrected chi connectivity index (χ4v) is 3.03. The molecule has 4 heteroatoms. The Balaban J connectivity index is 2.76. The molecular formula is C10H9BrO2S. The third-order valence-corrected chi connectivity index (χ3v) is 4.11. The zero-order valence-electron chi connectivity index (χ0n) is 7.58. The molecule has 1 aromatic heterocycles. The molecule has 1 N–H and O–H groups in total. The minimum absolute atomic E-state index is 0.0423. The second-order valence-corrected chi connectivity index (χ2v) is 4.64. The highest BCUT2D eigenvalue weighted by Gasteiger charge is 2.08. The average Bonchev–Trinajstić information content (AvgIpc) is 2.59. The highest BCUT2D eigenvalue weighted by Crippen LogP contribution is 2.35. The molecule has 2 rings (SSSR count). The van der Waals surface area contributed by atoms with Crippen molar-refractivity contribution in [1.29, 1.82) is 0 Å². The van der Waals surface area contributed by atoms with Crippen molar-refractivity contribution >= 4 is 37.4 Å². The maximum atomic E-state index is 9.20. The molecule has 0 fully saturated rings. The van der Waals surface area contributed by atoms with Gasteiger partial charge in [-0.05, 0) is 33.6 Å². The van der Waals surface area contributed by atoms with Crippen LogP contribution in [0.1, 0.15) is 5.56 Å². The Morgan fingerprint density at radius 2 is 2.29 bits per heavy atom. The summed E-state index contributed by atoms with van der Waals surface area (Å²) in [6, 6.07) is 3.83. The van der Waals surface area contributed by atoms with Crippen LogP contribution in [0.5, 0.6) is 5.75 Å². The van der Waals surface area contributed by atoms with Crippen LogP contribution in [0, 0.1) is 0 Å². The van der Waals surface area contributed by atoms with Crippen LogP contribution in [0.15, 0.2) is 22.0 Å². The fourth-order valence-electron chi connectivity index (χ4n) is 1.39. The lowest BCUT2D eigenvalue weighted by atomic mass is 10.1. The summed E-state index contributed by atoms with van der Waals surface area (Å²) in [4.78, 5) is 0. The van der Waals surface area contributed by atoms with E-state index in [1.165, 1.54) is 0 Å². The molecule has 0 bridgehead atoms. The maximum Gasteiger partial charge on any atom is 0.119 e. The summed E-state index contributed by atoms with van der Waals surface area (Å²) >= 11 is 5.09. The summed E-state index contributed by atoms with van der Waals surface area (Å²) in [5.41, 5.74) is 0.912. The zero-order chi connectivity index (χ0) is 10.1. The Bertz CT molecular complexity index is 464. The lowest BCUT2D eigenvalue weighted by Gasteiger charge is -2.04. The number of hydrogen-bond acceptors (Lipinski definition) is 3. The molecule has 0 aliphatic carbocycles. The molecule has 0 saturated carbocycles. The summed E-state index contributed by atoms with van der Waals surface area (Å²) in [6.07, 6.45) is 0. The van der Waals surface area contributed by atoms with Gasteiger partial charge in [-0.1, -0.05) is 0 Å². The minimum Gasteiger partial charge on any atom is -0.497 e. The van der Waals surface area contributed by atoms with E-state index < -0.39 is 0 Å². The van der Waals surface area contributed by atoms with Crippen LogP contribution in [-0.2, 0) is 6.61 Å². The molecule has 14 heavy (non-hydrogen) atoms. The van der Waals surface area contributed by atoms with Crippen LogP contribution in [0.2, 0.25) is 0 Å². The molecule has 2 nitrogen and oxygen atoms in total. The van der Waals surface area contributed by atoms with E-state index in [9.17, 15) is 5.11 Å². The molecular weight excluding hydrogens is 264 g/mol. The molecule has 74 valence electrons. The number of benzene rings is 1. The fraction of sp³-hybridized carbons (Fsp3) is 0.200. The third kappa shape index (κ3) is 1.54. The van der Waals surface area contributed by atoms with Gasteiger partial charge in [-0.25, -0.2) is 0 Å². The average molecular weight is 273 g/mol. The molecule has 0 aliphatic rings. The smallest absolute Gasteiger partial charge is 0.119 e. The third-order valence-electron chi connectivity index (χ3n) is 2.08. The van der Waals surface area contributed by atoms with E-state index in [0.717, 1.165) is 25.9 Å². The summed E-state index contributed by atoms with van der Waals surface area (Å²) in [5, 5.41) is 12.3. The largest absolute Gasteiger partial charge is 0.497 e. The first-order chi connectivity index (χ1) is 6.76. The van der Waals surface area contributed by atoms with Gasteiger partial charge in [0.15, 0.2) is 0 Å². The molecule has 0 radical (unpaired) electrons. The van der Waals surface area contributed by atoms with Crippen molar-refractivity contribution in [2.45, 2.75) is 6.61 Å². The van der Waals surface area contributed by atoms with Crippen molar-refractivity contribution in [3.8, 4) is 5.75 Å². The minimum atomic E-state index is 0.0423. The van der Waals surface area contributed by atoms with Gasteiger partial charge < -0.3 is 9.84 Å². The summed E-state index contributed by atoms with van der Waals surface area (Å²) < 4.78 is 7.32. The van der Waals surface area contributed by atoms with Gasteiger partial charge in [-0.15, -0.1) is 11.3 Å². The molecule has 1 aromatic carbocycles. The number of methoxy groups -OCH3 is 1. The van der Waals surface area contributed by atoms with Crippen molar-refractivity contribution < 1.29 is 9.84 Å². The maximum absolute atomic E-state index is 9.20. The quantitative estimate of drug-likeness (QED) is 0.910. The van der Waals surface area contributed by atoms with Crippen LogP contribution in [0.4, 0.5) is 0 Å². The lowest BCUT2D eigenvalue weighted by Crippen LogP contribution is -1.87. The zero-order valence-corrected chi connectivity index (χ0v) is 9.98. The Morgan fingerprint density at radius 1 is 1.50 bits per heavy atom. The van der Waals surface area contributed by atoms with Crippen molar-refractivity contribution in [1.82, 2.24) is 0 Å². The van der Waals surface area contributed by atoms with Crippen LogP contribution >= 0.6 is 27.3 Å². The van der Waals surface area contributed by atoms with Gasteiger partial charge in [0.2, 0.25) is 0 Å².